The molecule has 3 nitrogen and oxygen atoms in total. The minimum absolute atomic E-state index is 0.00793. The molecule has 2 heterocycles. The molecule has 1 saturated heterocycles. The van der Waals surface area contributed by atoms with Crippen molar-refractivity contribution in [3.05, 3.63) is 75.3 Å². The topological polar surface area (TPSA) is 25.2 Å². The molecule has 3 aromatic rings. The van der Waals surface area contributed by atoms with Gasteiger partial charge in [-0.25, -0.2) is 0 Å². The van der Waals surface area contributed by atoms with Crippen LogP contribution >= 0.6 is 35.6 Å². The molecule has 1 aliphatic rings. The zero-order valence-corrected chi connectivity index (χ0v) is 18.0. The first-order valence-electron chi connectivity index (χ1n) is 9.07. The second-order valence-electron chi connectivity index (χ2n) is 6.65. The van der Waals surface area contributed by atoms with Crippen molar-refractivity contribution in [3.63, 3.8) is 0 Å². The molecule has 1 aromatic heterocycles. The van der Waals surface area contributed by atoms with Gasteiger partial charge in [-0.15, -0.1) is 0 Å². The Morgan fingerprint density at radius 1 is 1.14 bits per heavy atom. The Bertz CT molecular complexity index is 1120. The number of thioether (sulfide) groups is 1. The molecule has 0 spiro atoms. The Morgan fingerprint density at radius 3 is 2.54 bits per heavy atom. The Morgan fingerprint density at radius 2 is 1.86 bits per heavy atom. The van der Waals surface area contributed by atoms with Crippen molar-refractivity contribution in [2.45, 2.75) is 20.4 Å². The van der Waals surface area contributed by atoms with Crippen LogP contribution < -0.4 is 0 Å². The Balaban J connectivity index is 1.81. The van der Waals surface area contributed by atoms with Crippen molar-refractivity contribution in [2.75, 3.05) is 6.54 Å². The monoisotopic (exact) mass is 426 g/mol. The molecule has 1 aliphatic heterocycles. The van der Waals surface area contributed by atoms with Crippen molar-refractivity contribution in [1.82, 2.24) is 9.47 Å². The van der Waals surface area contributed by atoms with Crippen LogP contribution in [0, 0.1) is 6.92 Å². The maximum atomic E-state index is 12.7. The lowest BCUT2D eigenvalue weighted by atomic mass is 10.1. The number of thiocarbonyl (C=S) groups is 1. The van der Waals surface area contributed by atoms with Gasteiger partial charge in [0.25, 0.3) is 5.91 Å². The number of nitrogens with zero attached hydrogens (tertiary/aromatic N) is 2. The molecule has 0 bridgehead atoms. The minimum Gasteiger partial charge on any atom is -0.340 e. The number of para-hydroxylation sites is 1. The van der Waals surface area contributed by atoms with E-state index < -0.39 is 0 Å². The van der Waals surface area contributed by atoms with E-state index in [1.165, 1.54) is 17.3 Å². The average Bonchev–Trinajstić information content (AvgIpc) is 3.11. The molecule has 0 atom stereocenters. The van der Waals surface area contributed by atoms with Crippen molar-refractivity contribution in [3.8, 4) is 0 Å². The van der Waals surface area contributed by atoms with Crippen LogP contribution in [-0.4, -0.2) is 26.2 Å². The van der Waals surface area contributed by atoms with E-state index in [9.17, 15) is 4.79 Å². The third kappa shape index (κ3) is 3.39. The van der Waals surface area contributed by atoms with E-state index in [2.05, 4.69) is 23.6 Å². The average molecular weight is 427 g/mol. The number of likely N-dealkylation sites (N-methyl/N-ethyl adjacent to an activating group) is 1. The largest absolute Gasteiger partial charge is 0.340 e. The molecule has 0 unspecified atom stereocenters. The maximum absolute atomic E-state index is 12.7. The Kier molecular flexibility index (Phi) is 5.32. The highest BCUT2D eigenvalue weighted by Gasteiger charge is 2.31. The van der Waals surface area contributed by atoms with Crippen LogP contribution in [0.1, 0.15) is 23.7 Å². The second-order valence-corrected chi connectivity index (χ2v) is 8.77. The third-order valence-electron chi connectivity index (χ3n) is 5.00. The lowest BCUT2D eigenvalue weighted by molar-refractivity contribution is -0.121. The summed E-state index contributed by atoms with van der Waals surface area (Å²) in [5, 5.41) is 1.87. The number of aromatic nitrogens is 1. The molecule has 6 heteroatoms. The Hall–Kier alpha value is -2.08. The number of rotatable bonds is 4. The molecular formula is C22H19ClN2OS2. The fourth-order valence-electron chi connectivity index (χ4n) is 3.52. The number of hydrogen-bond acceptors (Lipinski definition) is 3. The van der Waals surface area contributed by atoms with Crippen molar-refractivity contribution in [2.24, 2.45) is 0 Å². The van der Waals surface area contributed by atoms with Gasteiger partial charge in [0.1, 0.15) is 4.32 Å². The highest BCUT2D eigenvalue weighted by Crippen LogP contribution is 2.35. The van der Waals surface area contributed by atoms with E-state index >= 15 is 0 Å². The van der Waals surface area contributed by atoms with Gasteiger partial charge in [0, 0.05) is 40.3 Å². The summed E-state index contributed by atoms with van der Waals surface area (Å²) in [6.45, 7) is 5.38. The molecule has 0 radical (unpaired) electrons. The van der Waals surface area contributed by atoms with E-state index in [0.717, 1.165) is 33.7 Å². The molecule has 0 N–H and O–H groups in total. The Labute approximate surface area is 179 Å². The van der Waals surface area contributed by atoms with Gasteiger partial charge in [-0.05, 0) is 43.7 Å². The number of halogens is 1. The third-order valence-corrected chi connectivity index (χ3v) is 6.63. The number of carbonyl (C=O) groups excluding carboxylic acids is 1. The SMILES string of the molecule is CCN1C(=O)/C(=C/c2c(C)n(Cc3ccc(Cl)cc3)c3ccccc23)SC1=S. The van der Waals surface area contributed by atoms with Gasteiger partial charge in [0.2, 0.25) is 0 Å². The first kappa shape index (κ1) is 19.2. The highest BCUT2D eigenvalue weighted by atomic mass is 35.5. The highest BCUT2D eigenvalue weighted by molar-refractivity contribution is 8.26. The van der Waals surface area contributed by atoms with E-state index in [-0.39, 0.29) is 5.91 Å². The zero-order valence-electron chi connectivity index (χ0n) is 15.6. The predicted molar refractivity (Wildman–Crippen MR) is 123 cm³/mol. The molecule has 28 heavy (non-hydrogen) atoms. The molecule has 0 aliphatic carbocycles. The number of benzene rings is 2. The summed E-state index contributed by atoms with van der Waals surface area (Å²) < 4.78 is 2.91. The van der Waals surface area contributed by atoms with Gasteiger partial charge in [0.05, 0.1) is 4.91 Å². The lowest BCUT2D eigenvalue weighted by Gasteiger charge is -2.10. The zero-order chi connectivity index (χ0) is 19.8. The van der Waals surface area contributed by atoms with Crippen molar-refractivity contribution < 1.29 is 4.79 Å². The summed E-state index contributed by atoms with van der Waals surface area (Å²) in [4.78, 5) is 15.0. The summed E-state index contributed by atoms with van der Waals surface area (Å²) in [6.07, 6.45) is 1.99. The number of hydrogen-bond donors (Lipinski definition) is 0. The summed E-state index contributed by atoms with van der Waals surface area (Å²) in [5.74, 6) is -0.00793. The summed E-state index contributed by atoms with van der Waals surface area (Å²) in [6, 6.07) is 16.2. The fraction of sp³-hybridized carbons (Fsp3) is 0.182. The van der Waals surface area contributed by atoms with E-state index in [1.54, 1.807) is 4.90 Å². The number of carbonyl (C=O) groups is 1. The van der Waals surface area contributed by atoms with Gasteiger partial charge in [-0.2, -0.15) is 0 Å². The van der Waals surface area contributed by atoms with E-state index in [4.69, 9.17) is 23.8 Å². The molecule has 142 valence electrons. The second kappa shape index (κ2) is 7.74. The van der Waals surface area contributed by atoms with Crippen LogP contribution in [0.5, 0.6) is 0 Å². The van der Waals surface area contributed by atoms with Crippen LogP contribution in [0.2, 0.25) is 5.02 Å². The van der Waals surface area contributed by atoms with Gasteiger partial charge in [0.15, 0.2) is 0 Å². The maximum Gasteiger partial charge on any atom is 0.266 e. The smallest absolute Gasteiger partial charge is 0.266 e. The van der Waals surface area contributed by atoms with Crippen LogP contribution in [-0.2, 0) is 11.3 Å². The summed E-state index contributed by atoms with van der Waals surface area (Å²) >= 11 is 12.8. The summed E-state index contributed by atoms with van der Waals surface area (Å²) in [5.41, 5.74) is 4.52. The molecular weight excluding hydrogens is 408 g/mol. The van der Waals surface area contributed by atoms with Crippen LogP contribution in [0.25, 0.3) is 17.0 Å². The normalized spacial score (nSPS) is 16.0. The van der Waals surface area contributed by atoms with Crippen LogP contribution in [0.15, 0.2) is 53.4 Å². The quantitative estimate of drug-likeness (QED) is 0.385. The van der Waals surface area contributed by atoms with Crippen molar-refractivity contribution >= 4 is 62.8 Å². The molecule has 4 rings (SSSR count). The van der Waals surface area contributed by atoms with Crippen LogP contribution in [0.3, 0.4) is 0 Å². The van der Waals surface area contributed by atoms with E-state index in [1.807, 2.05) is 49.4 Å². The molecule has 1 fully saturated rings. The van der Waals surface area contributed by atoms with E-state index in [0.29, 0.717) is 15.8 Å². The molecule has 2 aromatic carbocycles. The van der Waals surface area contributed by atoms with Crippen LogP contribution in [0.4, 0.5) is 0 Å². The number of amides is 1. The first-order valence-corrected chi connectivity index (χ1v) is 10.7. The van der Waals surface area contributed by atoms with Gasteiger partial charge in [-0.1, -0.05) is 65.9 Å². The standard InChI is InChI=1S/C22H19ClN2OS2/c1-3-24-21(26)20(28-22(24)27)12-18-14(2)25(19-7-5-4-6-17(18)19)13-15-8-10-16(23)11-9-15/h4-12H,3,13H2,1-2H3/b20-12-. The minimum atomic E-state index is -0.00793. The lowest BCUT2D eigenvalue weighted by Crippen LogP contribution is -2.27. The molecule has 0 saturated carbocycles. The fourth-order valence-corrected chi connectivity index (χ4v) is 5.01. The van der Waals surface area contributed by atoms with Gasteiger partial charge in [-0.3, -0.25) is 9.69 Å². The first-order chi connectivity index (χ1) is 13.5. The summed E-state index contributed by atoms with van der Waals surface area (Å²) in [7, 11) is 0. The molecule has 1 amide bonds. The number of fused-ring (bicyclic) bond motifs is 1. The van der Waals surface area contributed by atoms with Crippen molar-refractivity contribution in [1.29, 1.82) is 0 Å². The van der Waals surface area contributed by atoms with Gasteiger partial charge < -0.3 is 4.57 Å². The van der Waals surface area contributed by atoms with Gasteiger partial charge >= 0.3 is 0 Å². The predicted octanol–water partition coefficient (Wildman–Crippen LogP) is 5.87.